The van der Waals surface area contributed by atoms with Crippen LogP contribution in [0.3, 0.4) is 0 Å². The van der Waals surface area contributed by atoms with Crippen LogP contribution in [-0.2, 0) is 0 Å². The average molecular weight is 350 g/mol. The van der Waals surface area contributed by atoms with Crippen LogP contribution in [0.2, 0.25) is 0 Å². The molecule has 0 radical (unpaired) electrons. The maximum absolute atomic E-state index is 6.28. The van der Waals surface area contributed by atoms with Crippen molar-refractivity contribution in [2.75, 3.05) is 11.1 Å². The minimum Gasteiger partial charge on any atom is -0.397 e. The van der Waals surface area contributed by atoms with E-state index in [0.29, 0.717) is 0 Å². The number of nitrogens with zero attached hydrogens (tertiary/aromatic N) is 1. The van der Waals surface area contributed by atoms with Crippen molar-refractivity contribution in [3.05, 3.63) is 59.1 Å². The van der Waals surface area contributed by atoms with Gasteiger partial charge in [0.25, 0.3) is 0 Å². The highest BCUT2D eigenvalue weighted by molar-refractivity contribution is 9.10. The zero-order valence-electron chi connectivity index (χ0n) is 11.6. The molecule has 0 bridgehead atoms. The number of halogens is 1. The maximum atomic E-state index is 6.28. The summed E-state index contributed by atoms with van der Waals surface area (Å²) in [6.07, 6.45) is 0. The average Bonchev–Trinajstić information content (AvgIpc) is 2.84. The first-order chi connectivity index (χ1) is 10.7. The molecule has 106 valence electrons. The van der Waals surface area contributed by atoms with E-state index in [0.717, 1.165) is 27.2 Å². The van der Waals surface area contributed by atoms with Gasteiger partial charge in [-0.2, -0.15) is 0 Å². The Bertz CT molecular complexity index is 1080. The Morgan fingerprint density at radius 3 is 2.64 bits per heavy atom. The summed E-state index contributed by atoms with van der Waals surface area (Å²) in [7, 11) is 0. The Balaban J connectivity index is 2.10. The van der Waals surface area contributed by atoms with E-state index in [4.69, 9.17) is 5.73 Å². The van der Waals surface area contributed by atoms with Gasteiger partial charge in [0, 0.05) is 15.2 Å². The number of hydrogen-bond donors (Lipinski definition) is 2. The predicted molar refractivity (Wildman–Crippen MR) is 96.2 cm³/mol. The monoisotopic (exact) mass is 349 g/mol. The molecule has 1 aliphatic heterocycles. The van der Waals surface area contributed by atoms with Crippen molar-refractivity contribution in [1.29, 1.82) is 0 Å². The van der Waals surface area contributed by atoms with Crippen LogP contribution in [0.25, 0.3) is 27.5 Å². The van der Waals surface area contributed by atoms with Crippen molar-refractivity contribution in [2.45, 2.75) is 0 Å². The van der Waals surface area contributed by atoms with Gasteiger partial charge in [-0.15, -0.1) is 0 Å². The number of benzene rings is 3. The predicted octanol–water partition coefficient (Wildman–Crippen LogP) is 5.19. The summed E-state index contributed by atoms with van der Waals surface area (Å²) in [4.78, 5) is 0. The Morgan fingerprint density at radius 2 is 1.73 bits per heavy atom. The van der Waals surface area contributed by atoms with Gasteiger partial charge in [-0.25, -0.2) is 0 Å². The van der Waals surface area contributed by atoms with Crippen LogP contribution in [0, 0.1) is 0 Å². The number of rotatable bonds is 0. The van der Waals surface area contributed by atoms with Crippen molar-refractivity contribution >= 4 is 54.8 Å². The van der Waals surface area contributed by atoms with Gasteiger partial charge < -0.3 is 15.6 Å². The molecule has 0 atom stereocenters. The summed E-state index contributed by atoms with van der Waals surface area (Å²) < 4.78 is 3.35. The molecule has 1 aliphatic rings. The zero-order valence-corrected chi connectivity index (χ0v) is 13.2. The summed E-state index contributed by atoms with van der Waals surface area (Å²) in [6, 6.07) is 18.7. The van der Waals surface area contributed by atoms with Crippen LogP contribution in [0.1, 0.15) is 0 Å². The second kappa shape index (κ2) is 4.05. The van der Waals surface area contributed by atoms with Crippen LogP contribution in [0.4, 0.5) is 17.1 Å². The molecule has 0 saturated carbocycles. The van der Waals surface area contributed by atoms with Crippen LogP contribution < -0.4 is 11.1 Å². The first-order valence-electron chi connectivity index (χ1n) is 7.12. The fourth-order valence-corrected chi connectivity index (χ4v) is 3.79. The van der Waals surface area contributed by atoms with E-state index in [1.54, 1.807) is 0 Å². The van der Waals surface area contributed by atoms with E-state index < -0.39 is 0 Å². The molecule has 3 nitrogen and oxygen atoms in total. The topological polar surface area (TPSA) is 43.0 Å². The van der Waals surface area contributed by atoms with Gasteiger partial charge in [-0.1, -0.05) is 34.1 Å². The molecule has 1 aromatic heterocycles. The number of hydrogen-bond acceptors (Lipinski definition) is 2. The number of anilines is 3. The number of nitrogen functional groups attached to an aromatic ring is 1. The molecule has 0 saturated heterocycles. The van der Waals surface area contributed by atoms with E-state index >= 15 is 0 Å². The van der Waals surface area contributed by atoms with E-state index in [2.05, 4.69) is 68.3 Å². The molecular weight excluding hydrogens is 338 g/mol. The Kier molecular flexibility index (Phi) is 2.23. The van der Waals surface area contributed by atoms with E-state index in [1.165, 1.54) is 21.8 Å². The van der Waals surface area contributed by atoms with E-state index in [9.17, 15) is 0 Å². The van der Waals surface area contributed by atoms with Crippen LogP contribution in [-0.4, -0.2) is 4.57 Å². The fourth-order valence-electron chi connectivity index (χ4n) is 3.43. The SMILES string of the molecule is Nc1cccc2c1-n1c3ccc(Br)cc3c3cccc(c31)N2. The standard InChI is InChI=1S/C18H12BrN3/c19-10-7-8-16-12(9-10)11-3-1-5-14-17(11)22(16)18-13(20)4-2-6-15(18)21-14/h1-9,21H,20H2. The minimum absolute atomic E-state index is 0.779. The second-order valence-corrected chi connectivity index (χ2v) is 6.48. The number of fused-ring (bicyclic) bond motifs is 5. The van der Waals surface area contributed by atoms with Crippen LogP contribution in [0.5, 0.6) is 0 Å². The van der Waals surface area contributed by atoms with Crippen molar-refractivity contribution in [1.82, 2.24) is 4.57 Å². The van der Waals surface area contributed by atoms with Crippen molar-refractivity contribution in [3.63, 3.8) is 0 Å². The molecule has 0 unspecified atom stereocenters. The molecule has 0 fully saturated rings. The largest absolute Gasteiger partial charge is 0.397 e. The van der Waals surface area contributed by atoms with Gasteiger partial charge >= 0.3 is 0 Å². The lowest BCUT2D eigenvalue weighted by Crippen LogP contribution is -2.09. The molecule has 22 heavy (non-hydrogen) atoms. The summed E-state index contributed by atoms with van der Waals surface area (Å²) >= 11 is 3.58. The summed E-state index contributed by atoms with van der Waals surface area (Å²) in [5.41, 5.74) is 12.6. The quantitative estimate of drug-likeness (QED) is 0.378. The van der Waals surface area contributed by atoms with Crippen molar-refractivity contribution in [3.8, 4) is 5.69 Å². The Hall–Kier alpha value is -2.46. The minimum atomic E-state index is 0.779. The summed E-state index contributed by atoms with van der Waals surface area (Å²) in [5, 5.41) is 5.97. The molecule has 0 spiro atoms. The molecule has 4 heteroatoms. The van der Waals surface area contributed by atoms with Gasteiger partial charge in [-0.05, 0) is 36.4 Å². The van der Waals surface area contributed by atoms with Gasteiger partial charge in [0.15, 0.2) is 0 Å². The van der Waals surface area contributed by atoms with Crippen LogP contribution in [0.15, 0.2) is 59.1 Å². The Labute approximate surface area is 135 Å². The number of nitrogens with two attached hydrogens (primary N) is 1. The van der Waals surface area contributed by atoms with Gasteiger partial charge in [0.2, 0.25) is 0 Å². The number of para-hydroxylation sites is 2. The molecule has 5 rings (SSSR count). The van der Waals surface area contributed by atoms with E-state index in [-0.39, 0.29) is 0 Å². The zero-order chi connectivity index (χ0) is 14.8. The van der Waals surface area contributed by atoms with E-state index in [1.807, 2.05) is 12.1 Å². The highest BCUT2D eigenvalue weighted by Gasteiger charge is 2.23. The van der Waals surface area contributed by atoms with Gasteiger partial charge in [-0.3, -0.25) is 0 Å². The smallest absolute Gasteiger partial charge is 0.0930 e. The third kappa shape index (κ3) is 1.40. The van der Waals surface area contributed by atoms with Gasteiger partial charge in [0.1, 0.15) is 0 Å². The lowest BCUT2D eigenvalue weighted by atomic mass is 10.1. The van der Waals surface area contributed by atoms with Crippen molar-refractivity contribution < 1.29 is 0 Å². The lowest BCUT2D eigenvalue weighted by molar-refractivity contribution is 1.16. The normalized spacial score (nSPS) is 12.4. The van der Waals surface area contributed by atoms with Crippen LogP contribution >= 0.6 is 15.9 Å². The molecule has 4 aromatic rings. The summed E-state index contributed by atoms with van der Waals surface area (Å²) in [6.45, 7) is 0. The molecular formula is C18H12BrN3. The molecule has 0 aliphatic carbocycles. The first-order valence-corrected chi connectivity index (χ1v) is 7.92. The highest BCUT2D eigenvalue weighted by atomic mass is 79.9. The molecule has 0 amide bonds. The maximum Gasteiger partial charge on any atom is 0.0930 e. The summed E-state index contributed by atoms with van der Waals surface area (Å²) in [5.74, 6) is 0. The third-order valence-electron chi connectivity index (χ3n) is 4.31. The lowest BCUT2D eigenvalue weighted by Gasteiger charge is -2.23. The second-order valence-electron chi connectivity index (χ2n) is 5.57. The molecule has 2 heterocycles. The Morgan fingerprint density at radius 1 is 0.909 bits per heavy atom. The number of nitrogens with one attached hydrogen (secondary N) is 1. The highest BCUT2D eigenvalue weighted by Crippen LogP contribution is 2.44. The van der Waals surface area contributed by atoms with Crippen molar-refractivity contribution in [2.24, 2.45) is 0 Å². The van der Waals surface area contributed by atoms with Gasteiger partial charge in [0.05, 0.1) is 33.8 Å². The molecule has 3 N–H and O–H groups in total. The fraction of sp³-hybridized carbons (Fsp3) is 0. The molecule has 3 aromatic carbocycles. The number of aromatic nitrogens is 1. The first kappa shape index (κ1) is 12.1. The third-order valence-corrected chi connectivity index (χ3v) is 4.80.